The Morgan fingerprint density at radius 2 is 1.37 bits per heavy atom. The van der Waals surface area contributed by atoms with Crippen molar-refractivity contribution in [2.75, 3.05) is 13.2 Å². The number of unbranched alkanes of at least 4 members (excludes halogenated alkanes) is 11. The lowest BCUT2D eigenvalue weighted by atomic mass is 9.90. The zero-order chi connectivity index (χ0) is 21.9. The van der Waals surface area contributed by atoms with Gasteiger partial charge in [0.2, 0.25) is 0 Å². The van der Waals surface area contributed by atoms with Gasteiger partial charge >= 0.3 is 0 Å². The Labute approximate surface area is 186 Å². The van der Waals surface area contributed by atoms with Crippen LogP contribution in [0, 0.1) is 0 Å². The Morgan fingerprint density at radius 3 is 1.87 bits per heavy atom. The van der Waals surface area contributed by atoms with Crippen molar-refractivity contribution >= 4 is 5.71 Å². The monoisotopic (exact) mass is 417 g/mol. The van der Waals surface area contributed by atoms with Crippen LogP contribution in [0.1, 0.15) is 128 Å². The SMILES string of the molecule is CCCCCCCCCCCCCCC(CC)c1ccc(/C(C)=N/OCCO)cc1. The predicted octanol–water partition coefficient (Wildman–Crippen LogP) is 8.00. The molecule has 1 aromatic carbocycles. The summed E-state index contributed by atoms with van der Waals surface area (Å²) in [6, 6.07) is 8.77. The second-order valence-electron chi connectivity index (χ2n) is 8.64. The molecule has 0 spiro atoms. The molecule has 0 aliphatic rings. The van der Waals surface area contributed by atoms with Crippen LogP contribution in [0.15, 0.2) is 29.4 Å². The molecule has 0 radical (unpaired) electrons. The molecule has 0 heterocycles. The molecule has 0 saturated heterocycles. The predicted molar refractivity (Wildman–Crippen MR) is 130 cm³/mol. The number of oxime groups is 1. The molecular weight excluding hydrogens is 370 g/mol. The topological polar surface area (TPSA) is 41.8 Å². The molecule has 0 saturated carbocycles. The second kappa shape index (κ2) is 18.4. The first-order valence-electron chi connectivity index (χ1n) is 12.6. The van der Waals surface area contributed by atoms with Gasteiger partial charge in [0.15, 0.2) is 0 Å². The third kappa shape index (κ3) is 12.4. The number of hydrogen-bond donors (Lipinski definition) is 1. The summed E-state index contributed by atoms with van der Waals surface area (Å²) in [4.78, 5) is 5.06. The Morgan fingerprint density at radius 1 is 0.833 bits per heavy atom. The van der Waals surface area contributed by atoms with E-state index in [1.807, 2.05) is 6.92 Å². The van der Waals surface area contributed by atoms with E-state index in [-0.39, 0.29) is 13.2 Å². The molecule has 1 unspecified atom stereocenters. The molecule has 172 valence electrons. The lowest BCUT2D eigenvalue weighted by Gasteiger charge is -2.16. The van der Waals surface area contributed by atoms with Gasteiger partial charge in [-0.3, -0.25) is 0 Å². The van der Waals surface area contributed by atoms with E-state index in [4.69, 9.17) is 9.94 Å². The van der Waals surface area contributed by atoms with Gasteiger partial charge in [0.05, 0.1) is 12.3 Å². The highest BCUT2D eigenvalue weighted by atomic mass is 16.6. The van der Waals surface area contributed by atoms with Crippen molar-refractivity contribution in [1.82, 2.24) is 0 Å². The van der Waals surface area contributed by atoms with Crippen molar-refractivity contribution in [3.8, 4) is 0 Å². The molecule has 1 N–H and O–H groups in total. The lowest BCUT2D eigenvalue weighted by Crippen LogP contribution is -2.01. The van der Waals surface area contributed by atoms with Crippen LogP contribution in [0.25, 0.3) is 0 Å². The van der Waals surface area contributed by atoms with Crippen molar-refractivity contribution in [2.45, 2.75) is 117 Å². The number of aliphatic hydroxyl groups is 1. The average Bonchev–Trinajstić information content (AvgIpc) is 2.77. The molecule has 0 fully saturated rings. The number of benzene rings is 1. The van der Waals surface area contributed by atoms with Crippen molar-refractivity contribution < 1.29 is 9.94 Å². The van der Waals surface area contributed by atoms with Crippen LogP contribution in [0.3, 0.4) is 0 Å². The lowest BCUT2D eigenvalue weighted by molar-refractivity contribution is 0.0986. The maximum atomic E-state index is 8.77. The minimum Gasteiger partial charge on any atom is -0.393 e. The van der Waals surface area contributed by atoms with Gasteiger partial charge in [-0.2, -0.15) is 0 Å². The highest BCUT2D eigenvalue weighted by Gasteiger charge is 2.09. The van der Waals surface area contributed by atoms with Crippen LogP contribution in [-0.4, -0.2) is 24.0 Å². The maximum Gasteiger partial charge on any atom is 0.140 e. The molecule has 3 heteroatoms. The first-order chi connectivity index (χ1) is 14.7. The Bertz CT molecular complexity index is 538. The van der Waals surface area contributed by atoms with E-state index in [9.17, 15) is 0 Å². The molecule has 0 amide bonds. The fourth-order valence-corrected chi connectivity index (χ4v) is 4.07. The van der Waals surface area contributed by atoms with Gasteiger partial charge in [0.25, 0.3) is 0 Å². The van der Waals surface area contributed by atoms with E-state index in [1.165, 1.54) is 95.5 Å². The quantitative estimate of drug-likeness (QED) is 0.141. The summed E-state index contributed by atoms with van der Waals surface area (Å²) < 4.78 is 0. The molecular formula is C27H47NO2. The first-order valence-corrected chi connectivity index (χ1v) is 12.6. The third-order valence-corrected chi connectivity index (χ3v) is 6.08. The van der Waals surface area contributed by atoms with Crippen LogP contribution in [0.2, 0.25) is 0 Å². The summed E-state index contributed by atoms with van der Waals surface area (Å²) in [6.45, 7) is 6.76. The number of nitrogens with zero attached hydrogens (tertiary/aromatic N) is 1. The highest BCUT2D eigenvalue weighted by molar-refractivity contribution is 5.98. The van der Waals surface area contributed by atoms with Crippen molar-refractivity contribution in [1.29, 1.82) is 0 Å². The van der Waals surface area contributed by atoms with Crippen molar-refractivity contribution in [3.63, 3.8) is 0 Å². The van der Waals surface area contributed by atoms with E-state index in [0.29, 0.717) is 5.92 Å². The molecule has 3 nitrogen and oxygen atoms in total. The van der Waals surface area contributed by atoms with Gasteiger partial charge in [0, 0.05) is 0 Å². The van der Waals surface area contributed by atoms with Crippen LogP contribution in [0.4, 0.5) is 0 Å². The molecule has 0 aromatic heterocycles. The minimum absolute atomic E-state index is 0.00692. The van der Waals surface area contributed by atoms with E-state index in [1.54, 1.807) is 0 Å². The summed E-state index contributed by atoms with van der Waals surface area (Å²) in [5.74, 6) is 0.657. The molecule has 1 rings (SSSR count). The Kier molecular flexibility index (Phi) is 16.4. The third-order valence-electron chi connectivity index (χ3n) is 6.08. The summed E-state index contributed by atoms with van der Waals surface area (Å²) >= 11 is 0. The summed E-state index contributed by atoms with van der Waals surface area (Å²) in [7, 11) is 0. The minimum atomic E-state index is -0.00692. The summed E-state index contributed by atoms with van der Waals surface area (Å²) in [6.07, 6.45) is 19.4. The van der Waals surface area contributed by atoms with Gasteiger partial charge in [0.1, 0.15) is 6.61 Å². The Balaban J connectivity index is 2.18. The van der Waals surface area contributed by atoms with Crippen LogP contribution in [0.5, 0.6) is 0 Å². The molecule has 0 aliphatic carbocycles. The van der Waals surface area contributed by atoms with E-state index < -0.39 is 0 Å². The Hall–Kier alpha value is -1.35. The largest absolute Gasteiger partial charge is 0.393 e. The van der Waals surface area contributed by atoms with Gasteiger partial charge < -0.3 is 9.94 Å². The van der Waals surface area contributed by atoms with E-state index >= 15 is 0 Å². The van der Waals surface area contributed by atoms with E-state index in [0.717, 1.165) is 11.3 Å². The summed E-state index contributed by atoms with van der Waals surface area (Å²) in [5.41, 5.74) is 3.37. The molecule has 1 aromatic rings. The number of rotatable bonds is 19. The van der Waals surface area contributed by atoms with Gasteiger partial charge in [-0.25, -0.2) is 0 Å². The van der Waals surface area contributed by atoms with Gasteiger partial charge in [-0.15, -0.1) is 0 Å². The number of hydrogen-bond acceptors (Lipinski definition) is 3. The summed E-state index contributed by atoms with van der Waals surface area (Å²) in [5, 5.41) is 12.8. The smallest absolute Gasteiger partial charge is 0.140 e. The van der Waals surface area contributed by atoms with Crippen LogP contribution in [-0.2, 0) is 4.84 Å². The zero-order valence-corrected chi connectivity index (χ0v) is 20.0. The normalized spacial score (nSPS) is 12.9. The van der Waals surface area contributed by atoms with Gasteiger partial charge in [-0.1, -0.05) is 120 Å². The van der Waals surface area contributed by atoms with Crippen LogP contribution < -0.4 is 0 Å². The van der Waals surface area contributed by atoms with Crippen molar-refractivity contribution in [3.05, 3.63) is 35.4 Å². The maximum absolute atomic E-state index is 8.77. The molecule has 1 atom stereocenters. The molecule has 0 aliphatic heterocycles. The average molecular weight is 418 g/mol. The zero-order valence-electron chi connectivity index (χ0n) is 20.0. The first kappa shape index (κ1) is 26.7. The molecule has 30 heavy (non-hydrogen) atoms. The number of aliphatic hydroxyl groups excluding tert-OH is 1. The standard InChI is InChI=1S/C27H47NO2/c1-4-6-7-8-9-10-11-12-13-14-15-16-17-25(5-2)27-20-18-26(19-21-27)24(3)28-30-23-22-29/h18-21,25,29H,4-17,22-23H2,1-3H3/b28-24+. The fourth-order valence-electron chi connectivity index (χ4n) is 4.07. The molecule has 0 bridgehead atoms. The second-order valence-corrected chi connectivity index (χ2v) is 8.64. The van der Waals surface area contributed by atoms with Crippen molar-refractivity contribution in [2.24, 2.45) is 5.16 Å². The fraction of sp³-hybridized carbons (Fsp3) is 0.741. The highest BCUT2D eigenvalue weighted by Crippen LogP contribution is 2.26. The van der Waals surface area contributed by atoms with Gasteiger partial charge in [-0.05, 0) is 36.8 Å². The van der Waals surface area contributed by atoms with E-state index in [2.05, 4.69) is 43.3 Å². The van der Waals surface area contributed by atoms with Crippen LogP contribution >= 0.6 is 0 Å².